The van der Waals surface area contributed by atoms with Crippen molar-refractivity contribution >= 4 is 5.69 Å². The molecule has 1 fully saturated rings. The van der Waals surface area contributed by atoms with Gasteiger partial charge in [-0.25, -0.2) is 4.39 Å². The Balaban J connectivity index is 1.89. The molecule has 0 unspecified atom stereocenters. The van der Waals surface area contributed by atoms with Gasteiger partial charge in [0, 0.05) is 31.2 Å². The summed E-state index contributed by atoms with van der Waals surface area (Å²) in [5, 5.41) is 0. The van der Waals surface area contributed by atoms with E-state index in [1.54, 1.807) is 6.07 Å². The monoisotopic (exact) mass is 244 g/mol. The number of benzene rings is 1. The fraction of sp³-hybridized carbons (Fsp3) is 0.333. The van der Waals surface area contributed by atoms with Crippen LogP contribution in [0.2, 0.25) is 0 Å². The van der Waals surface area contributed by atoms with E-state index in [1.165, 1.54) is 19.3 Å². The normalized spacial score (nSPS) is 15.9. The van der Waals surface area contributed by atoms with Crippen molar-refractivity contribution in [1.82, 2.24) is 4.57 Å². The van der Waals surface area contributed by atoms with E-state index in [1.807, 2.05) is 41.2 Å². The van der Waals surface area contributed by atoms with Crippen LogP contribution in [0.15, 0.2) is 42.7 Å². The highest BCUT2D eigenvalue weighted by Crippen LogP contribution is 2.25. The Hall–Kier alpha value is -1.77. The lowest BCUT2D eigenvalue weighted by Gasteiger charge is -2.29. The lowest BCUT2D eigenvalue weighted by atomic mass is 10.1. The SMILES string of the molecule is Fc1cc(-n2cccc2)ccc1N1CCCCC1. The van der Waals surface area contributed by atoms with E-state index < -0.39 is 0 Å². The Morgan fingerprint density at radius 1 is 0.944 bits per heavy atom. The first kappa shape index (κ1) is 11.3. The molecule has 94 valence electrons. The molecule has 18 heavy (non-hydrogen) atoms. The van der Waals surface area contributed by atoms with E-state index in [0.717, 1.165) is 24.5 Å². The second-order valence-electron chi connectivity index (χ2n) is 4.77. The van der Waals surface area contributed by atoms with E-state index >= 15 is 0 Å². The second kappa shape index (κ2) is 4.84. The van der Waals surface area contributed by atoms with Gasteiger partial charge in [0.15, 0.2) is 0 Å². The van der Waals surface area contributed by atoms with Crippen molar-refractivity contribution in [3.8, 4) is 5.69 Å². The minimum absolute atomic E-state index is 0.122. The molecule has 3 heteroatoms. The van der Waals surface area contributed by atoms with E-state index in [4.69, 9.17) is 0 Å². The second-order valence-corrected chi connectivity index (χ2v) is 4.77. The van der Waals surface area contributed by atoms with Crippen LogP contribution in [0.25, 0.3) is 5.69 Å². The zero-order valence-corrected chi connectivity index (χ0v) is 10.3. The third kappa shape index (κ3) is 2.13. The summed E-state index contributed by atoms with van der Waals surface area (Å²) in [5.74, 6) is -0.122. The molecule has 0 radical (unpaired) electrons. The number of piperidine rings is 1. The number of aromatic nitrogens is 1. The van der Waals surface area contributed by atoms with Crippen LogP contribution in [0.1, 0.15) is 19.3 Å². The maximum atomic E-state index is 14.2. The Kier molecular flexibility index (Phi) is 3.05. The molecule has 2 aromatic rings. The first-order chi connectivity index (χ1) is 8.84. The third-order valence-corrected chi connectivity index (χ3v) is 3.53. The highest BCUT2D eigenvalue weighted by molar-refractivity contribution is 5.52. The Morgan fingerprint density at radius 3 is 2.33 bits per heavy atom. The summed E-state index contributed by atoms with van der Waals surface area (Å²) in [7, 11) is 0. The number of halogens is 1. The molecule has 0 N–H and O–H groups in total. The minimum atomic E-state index is -0.122. The molecule has 2 nitrogen and oxygen atoms in total. The topological polar surface area (TPSA) is 8.17 Å². The van der Waals surface area contributed by atoms with Gasteiger partial charge in [0.1, 0.15) is 5.82 Å². The molecule has 1 aliphatic heterocycles. The smallest absolute Gasteiger partial charge is 0.148 e. The van der Waals surface area contributed by atoms with Crippen molar-refractivity contribution in [2.24, 2.45) is 0 Å². The molecular formula is C15H17FN2. The molecule has 0 saturated carbocycles. The third-order valence-electron chi connectivity index (χ3n) is 3.53. The maximum Gasteiger partial charge on any atom is 0.148 e. The van der Waals surface area contributed by atoms with Crippen LogP contribution in [0.3, 0.4) is 0 Å². The van der Waals surface area contributed by atoms with Crippen LogP contribution in [0.5, 0.6) is 0 Å². The van der Waals surface area contributed by atoms with Gasteiger partial charge in [-0.05, 0) is 49.6 Å². The predicted octanol–water partition coefficient (Wildman–Crippen LogP) is 3.61. The number of nitrogens with zero attached hydrogens (tertiary/aromatic N) is 2. The molecule has 0 aliphatic carbocycles. The lowest BCUT2D eigenvalue weighted by Crippen LogP contribution is -2.30. The fourth-order valence-corrected chi connectivity index (χ4v) is 2.55. The number of rotatable bonds is 2. The van der Waals surface area contributed by atoms with Crippen LogP contribution in [0, 0.1) is 5.82 Å². The molecule has 0 bridgehead atoms. The Labute approximate surface area is 107 Å². The van der Waals surface area contributed by atoms with Gasteiger partial charge in [-0.1, -0.05) is 0 Å². The molecule has 0 spiro atoms. The van der Waals surface area contributed by atoms with E-state index in [9.17, 15) is 4.39 Å². The largest absolute Gasteiger partial charge is 0.369 e. The molecule has 3 rings (SSSR count). The van der Waals surface area contributed by atoms with E-state index in [2.05, 4.69) is 4.90 Å². The Bertz CT molecular complexity index is 513. The first-order valence-electron chi connectivity index (χ1n) is 6.52. The zero-order chi connectivity index (χ0) is 12.4. The summed E-state index contributed by atoms with van der Waals surface area (Å²) >= 11 is 0. The molecular weight excluding hydrogens is 227 g/mol. The predicted molar refractivity (Wildman–Crippen MR) is 71.8 cm³/mol. The average Bonchev–Trinajstić information content (AvgIpc) is 2.93. The zero-order valence-electron chi connectivity index (χ0n) is 10.3. The van der Waals surface area contributed by atoms with Gasteiger partial charge in [-0.3, -0.25) is 0 Å². The Morgan fingerprint density at radius 2 is 1.67 bits per heavy atom. The van der Waals surface area contributed by atoms with Crippen LogP contribution in [-0.2, 0) is 0 Å². The van der Waals surface area contributed by atoms with E-state index in [0.29, 0.717) is 0 Å². The van der Waals surface area contributed by atoms with Crippen LogP contribution in [-0.4, -0.2) is 17.7 Å². The molecule has 0 atom stereocenters. The summed E-state index contributed by atoms with van der Waals surface area (Å²) in [6, 6.07) is 9.37. The van der Waals surface area contributed by atoms with Crippen molar-refractivity contribution in [2.75, 3.05) is 18.0 Å². The van der Waals surface area contributed by atoms with Crippen molar-refractivity contribution in [2.45, 2.75) is 19.3 Å². The van der Waals surface area contributed by atoms with Crippen LogP contribution >= 0.6 is 0 Å². The van der Waals surface area contributed by atoms with Gasteiger partial charge in [0.25, 0.3) is 0 Å². The van der Waals surface area contributed by atoms with E-state index in [-0.39, 0.29) is 5.82 Å². The highest BCUT2D eigenvalue weighted by Gasteiger charge is 2.15. The van der Waals surface area contributed by atoms with Gasteiger partial charge in [-0.2, -0.15) is 0 Å². The minimum Gasteiger partial charge on any atom is -0.369 e. The van der Waals surface area contributed by atoms with Crippen LogP contribution < -0.4 is 4.90 Å². The maximum absolute atomic E-state index is 14.2. The molecule has 1 aromatic heterocycles. The van der Waals surface area contributed by atoms with Crippen LogP contribution in [0.4, 0.5) is 10.1 Å². The summed E-state index contributed by atoms with van der Waals surface area (Å²) in [5.41, 5.74) is 1.61. The standard InChI is InChI=1S/C15H17FN2/c16-14-12-13(17-8-4-5-9-17)6-7-15(14)18-10-2-1-3-11-18/h4-9,12H,1-3,10-11H2. The lowest BCUT2D eigenvalue weighted by molar-refractivity contribution is 0.556. The van der Waals surface area contributed by atoms with Crippen molar-refractivity contribution in [3.63, 3.8) is 0 Å². The number of hydrogen-bond acceptors (Lipinski definition) is 1. The van der Waals surface area contributed by atoms with Gasteiger partial charge in [-0.15, -0.1) is 0 Å². The molecule has 2 heterocycles. The van der Waals surface area contributed by atoms with Gasteiger partial charge < -0.3 is 9.47 Å². The summed E-state index contributed by atoms with van der Waals surface area (Å²) in [6.45, 7) is 1.94. The number of anilines is 1. The molecule has 1 aromatic carbocycles. The van der Waals surface area contributed by atoms with Gasteiger partial charge in [0.05, 0.1) is 5.69 Å². The summed E-state index contributed by atoms with van der Waals surface area (Å²) < 4.78 is 16.1. The highest BCUT2D eigenvalue weighted by atomic mass is 19.1. The summed E-state index contributed by atoms with van der Waals surface area (Å²) in [4.78, 5) is 2.15. The summed E-state index contributed by atoms with van der Waals surface area (Å²) in [6.07, 6.45) is 7.45. The van der Waals surface area contributed by atoms with Gasteiger partial charge in [0.2, 0.25) is 0 Å². The quantitative estimate of drug-likeness (QED) is 0.783. The molecule has 1 saturated heterocycles. The van der Waals surface area contributed by atoms with Gasteiger partial charge >= 0.3 is 0 Å². The fourth-order valence-electron chi connectivity index (χ4n) is 2.55. The number of hydrogen-bond donors (Lipinski definition) is 0. The van der Waals surface area contributed by atoms with Crippen molar-refractivity contribution in [1.29, 1.82) is 0 Å². The van der Waals surface area contributed by atoms with Crippen molar-refractivity contribution in [3.05, 3.63) is 48.5 Å². The molecule has 0 amide bonds. The molecule has 1 aliphatic rings. The average molecular weight is 244 g/mol. The van der Waals surface area contributed by atoms with Crippen molar-refractivity contribution < 1.29 is 4.39 Å². The first-order valence-corrected chi connectivity index (χ1v) is 6.52.